The summed E-state index contributed by atoms with van der Waals surface area (Å²) in [5, 5.41) is 6.32. The maximum atomic E-state index is 4.59. The van der Waals surface area contributed by atoms with Crippen molar-refractivity contribution in [3.05, 3.63) is 46.5 Å². The average molecular weight is 290 g/mol. The molecular weight excluding hydrogens is 272 g/mol. The molecule has 0 bridgehead atoms. The van der Waals surface area contributed by atoms with Crippen molar-refractivity contribution in [1.29, 1.82) is 0 Å². The molecule has 1 aromatic heterocycles. The summed E-state index contributed by atoms with van der Waals surface area (Å²) in [6.45, 7) is 5.24. The zero-order valence-corrected chi connectivity index (χ0v) is 12.9. The van der Waals surface area contributed by atoms with Gasteiger partial charge in [0.1, 0.15) is 4.34 Å². The summed E-state index contributed by atoms with van der Waals surface area (Å²) in [5.74, 6) is 0. The van der Waals surface area contributed by atoms with Crippen LogP contribution in [0, 0.1) is 6.92 Å². The molecule has 1 aliphatic rings. The minimum Gasteiger partial charge on any atom is -0.309 e. The first kappa shape index (κ1) is 13.2. The number of nitrogens with zero attached hydrogens (tertiary/aromatic N) is 1. The Morgan fingerprint density at radius 3 is 3.00 bits per heavy atom. The Hall–Kier alpha value is -0.840. The van der Waals surface area contributed by atoms with E-state index in [4.69, 9.17) is 0 Å². The van der Waals surface area contributed by atoms with Crippen molar-refractivity contribution in [2.45, 2.75) is 35.9 Å². The number of hydrogen-bond donors (Lipinski definition) is 1. The fourth-order valence-corrected chi connectivity index (χ4v) is 5.00. The minimum absolute atomic E-state index is 0.454. The molecule has 0 saturated heterocycles. The lowest BCUT2D eigenvalue weighted by Crippen LogP contribution is -2.26. The number of rotatable bonds is 4. The molecule has 2 aromatic rings. The second-order valence-electron chi connectivity index (χ2n) is 4.85. The van der Waals surface area contributed by atoms with Crippen LogP contribution >= 0.6 is 23.1 Å². The summed E-state index contributed by atoms with van der Waals surface area (Å²) >= 11 is 3.68. The molecule has 1 N–H and O–H groups in total. The maximum Gasteiger partial charge on any atom is 0.150 e. The average Bonchev–Trinajstić information content (AvgIpc) is 2.96. The molecule has 0 aliphatic heterocycles. The lowest BCUT2D eigenvalue weighted by atomic mass is 10.1. The summed E-state index contributed by atoms with van der Waals surface area (Å²) in [6.07, 6.45) is 1.14. The van der Waals surface area contributed by atoms with Crippen molar-refractivity contribution >= 4 is 23.1 Å². The molecule has 100 valence electrons. The molecule has 2 unspecified atom stereocenters. The molecular formula is C15H18N2S2. The summed E-state index contributed by atoms with van der Waals surface area (Å²) < 4.78 is 1.19. The molecule has 2 nitrogen and oxygen atoms in total. The molecule has 0 fully saturated rings. The molecule has 1 aromatic carbocycles. The third-order valence-electron chi connectivity index (χ3n) is 3.46. The van der Waals surface area contributed by atoms with Gasteiger partial charge in [0.25, 0.3) is 0 Å². The lowest BCUT2D eigenvalue weighted by Gasteiger charge is -2.19. The molecule has 2 atom stereocenters. The first-order valence-corrected chi connectivity index (χ1v) is 8.44. The Kier molecular flexibility index (Phi) is 3.91. The Morgan fingerprint density at radius 2 is 2.26 bits per heavy atom. The second-order valence-corrected chi connectivity index (χ2v) is 7.19. The Morgan fingerprint density at radius 1 is 1.42 bits per heavy atom. The van der Waals surface area contributed by atoms with Crippen LogP contribution in [0.1, 0.15) is 29.8 Å². The van der Waals surface area contributed by atoms with Gasteiger partial charge in [-0.2, -0.15) is 0 Å². The van der Waals surface area contributed by atoms with Crippen molar-refractivity contribution < 1.29 is 0 Å². The monoisotopic (exact) mass is 290 g/mol. The number of benzene rings is 1. The molecule has 1 aliphatic carbocycles. The van der Waals surface area contributed by atoms with E-state index in [0.29, 0.717) is 11.3 Å². The van der Waals surface area contributed by atoms with Crippen LogP contribution < -0.4 is 5.32 Å². The zero-order valence-electron chi connectivity index (χ0n) is 11.2. The molecule has 4 heteroatoms. The van der Waals surface area contributed by atoms with Gasteiger partial charge in [-0.25, -0.2) is 4.98 Å². The van der Waals surface area contributed by atoms with E-state index in [9.17, 15) is 0 Å². The quantitative estimate of drug-likeness (QED) is 0.926. The number of aromatic nitrogens is 1. The van der Waals surface area contributed by atoms with E-state index < -0.39 is 0 Å². The summed E-state index contributed by atoms with van der Waals surface area (Å²) in [4.78, 5) is 4.59. The molecule has 0 radical (unpaired) electrons. The Bertz CT molecular complexity index is 565. The van der Waals surface area contributed by atoms with Crippen molar-refractivity contribution in [1.82, 2.24) is 10.3 Å². The van der Waals surface area contributed by atoms with Crippen molar-refractivity contribution in [2.24, 2.45) is 0 Å². The number of thioether (sulfide) groups is 1. The smallest absolute Gasteiger partial charge is 0.150 e. The van der Waals surface area contributed by atoms with E-state index in [1.165, 1.54) is 15.5 Å². The fraction of sp³-hybridized carbons (Fsp3) is 0.400. The second kappa shape index (κ2) is 5.65. The Labute approximate surface area is 122 Å². The van der Waals surface area contributed by atoms with Gasteiger partial charge in [0.05, 0.1) is 0 Å². The summed E-state index contributed by atoms with van der Waals surface area (Å²) in [5.41, 5.74) is 4.08. The van der Waals surface area contributed by atoms with E-state index in [-0.39, 0.29) is 0 Å². The minimum atomic E-state index is 0.454. The van der Waals surface area contributed by atoms with Crippen LogP contribution in [0.2, 0.25) is 0 Å². The fourth-order valence-electron chi connectivity index (χ4n) is 2.65. The van der Waals surface area contributed by atoms with E-state index in [1.807, 2.05) is 11.8 Å². The first-order chi connectivity index (χ1) is 9.28. The van der Waals surface area contributed by atoms with Crippen molar-refractivity contribution in [3.8, 4) is 0 Å². The highest BCUT2D eigenvalue weighted by molar-refractivity contribution is 8.01. The maximum absolute atomic E-state index is 4.59. The highest BCUT2D eigenvalue weighted by atomic mass is 32.2. The largest absolute Gasteiger partial charge is 0.309 e. The predicted octanol–water partition coefficient (Wildman–Crippen LogP) is 3.82. The molecule has 0 spiro atoms. The number of fused-ring (bicyclic) bond motifs is 1. The first-order valence-electron chi connectivity index (χ1n) is 6.68. The van der Waals surface area contributed by atoms with Crippen LogP contribution in [0.4, 0.5) is 0 Å². The van der Waals surface area contributed by atoms with Gasteiger partial charge < -0.3 is 5.32 Å². The normalized spacial score (nSPS) is 21.6. The molecule has 3 rings (SSSR count). The molecule has 0 saturated carbocycles. The van der Waals surface area contributed by atoms with E-state index in [1.54, 1.807) is 11.3 Å². The number of hydrogen-bond acceptors (Lipinski definition) is 4. The van der Waals surface area contributed by atoms with Gasteiger partial charge in [0.2, 0.25) is 0 Å². The van der Waals surface area contributed by atoms with Gasteiger partial charge in [-0.3, -0.25) is 0 Å². The van der Waals surface area contributed by atoms with Crippen molar-refractivity contribution in [2.75, 3.05) is 6.54 Å². The van der Waals surface area contributed by atoms with E-state index in [0.717, 1.165) is 18.7 Å². The van der Waals surface area contributed by atoms with Crippen molar-refractivity contribution in [3.63, 3.8) is 0 Å². The molecule has 19 heavy (non-hydrogen) atoms. The zero-order chi connectivity index (χ0) is 13.2. The lowest BCUT2D eigenvalue weighted by molar-refractivity contribution is 0.560. The number of nitrogens with one attached hydrogen (secondary N) is 1. The van der Waals surface area contributed by atoms with Gasteiger partial charge in [-0.15, -0.1) is 11.3 Å². The number of thiazole rings is 1. The number of aryl methyl sites for hydroxylation is 1. The highest BCUT2D eigenvalue weighted by Gasteiger charge is 2.32. The van der Waals surface area contributed by atoms with Crippen LogP contribution in [0.15, 0.2) is 34.0 Å². The topological polar surface area (TPSA) is 24.9 Å². The SMILES string of the molecule is CCNC1c2ccccc2CC1Sc1nc(C)cs1. The van der Waals surface area contributed by atoms with Gasteiger partial charge >= 0.3 is 0 Å². The van der Waals surface area contributed by atoms with Gasteiger partial charge in [-0.05, 0) is 31.0 Å². The van der Waals surface area contributed by atoms with Crippen LogP contribution in [0.25, 0.3) is 0 Å². The van der Waals surface area contributed by atoms with Crippen LogP contribution in [-0.4, -0.2) is 16.8 Å². The standard InChI is InChI=1S/C15H18N2S2/c1-3-16-14-12-7-5-4-6-11(12)8-13(14)19-15-17-10(2)9-18-15/h4-7,9,13-14,16H,3,8H2,1-2H3. The highest BCUT2D eigenvalue weighted by Crippen LogP contribution is 2.42. The Balaban J connectivity index is 1.82. The third-order valence-corrected chi connectivity index (χ3v) is 5.82. The summed E-state index contributed by atoms with van der Waals surface area (Å²) in [6, 6.07) is 9.26. The van der Waals surface area contributed by atoms with Gasteiger partial charge in [0, 0.05) is 22.4 Å². The molecule has 1 heterocycles. The van der Waals surface area contributed by atoms with Crippen LogP contribution in [0.5, 0.6) is 0 Å². The van der Waals surface area contributed by atoms with Gasteiger partial charge in [-0.1, -0.05) is 43.0 Å². The van der Waals surface area contributed by atoms with Crippen LogP contribution in [-0.2, 0) is 6.42 Å². The van der Waals surface area contributed by atoms with Crippen LogP contribution in [0.3, 0.4) is 0 Å². The van der Waals surface area contributed by atoms with E-state index in [2.05, 4.69) is 53.8 Å². The molecule has 0 amide bonds. The predicted molar refractivity (Wildman–Crippen MR) is 83.1 cm³/mol. The summed E-state index contributed by atoms with van der Waals surface area (Å²) in [7, 11) is 0. The van der Waals surface area contributed by atoms with Gasteiger partial charge in [0.15, 0.2) is 0 Å². The third kappa shape index (κ3) is 2.71. The van der Waals surface area contributed by atoms with E-state index >= 15 is 0 Å².